The Bertz CT molecular complexity index is 1260. The van der Waals surface area contributed by atoms with E-state index in [1.165, 1.54) is 11.1 Å². The number of hydrogen-bond donors (Lipinski definition) is 2. The summed E-state index contributed by atoms with van der Waals surface area (Å²) >= 11 is 0. The number of amides is 1. The molecule has 0 bridgehead atoms. The first-order valence-electron chi connectivity index (χ1n) is 12.0. The number of rotatable bonds is 6. The van der Waals surface area contributed by atoms with Gasteiger partial charge in [0.25, 0.3) is 0 Å². The van der Waals surface area contributed by atoms with Crippen molar-refractivity contribution >= 4 is 11.7 Å². The highest BCUT2D eigenvalue weighted by Crippen LogP contribution is 2.42. The summed E-state index contributed by atoms with van der Waals surface area (Å²) in [4.78, 5) is 13.5. The zero-order valence-electron chi connectivity index (χ0n) is 19.7. The van der Waals surface area contributed by atoms with E-state index in [0.29, 0.717) is 13.0 Å². The van der Waals surface area contributed by atoms with Crippen LogP contribution in [0.25, 0.3) is 11.1 Å². The number of carbonyl (C=O) groups excluding carboxylic acids is 1. The van der Waals surface area contributed by atoms with E-state index in [1.54, 1.807) is 0 Å². The number of aromatic nitrogens is 2. The largest absolute Gasteiger partial charge is 0.363 e. The molecule has 0 saturated carbocycles. The molecule has 2 N–H and O–H groups in total. The molecule has 172 valence electrons. The van der Waals surface area contributed by atoms with Crippen molar-refractivity contribution in [3.8, 4) is 11.1 Å². The van der Waals surface area contributed by atoms with Crippen LogP contribution in [0, 0.1) is 6.92 Å². The van der Waals surface area contributed by atoms with Gasteiger partial charge in [-0.2, -0.15) is 5.10 Å². The van der Waals surface area contributed by atoms with Crippen LogP contribution in [0.1, 0.15) is 47.8 Å². The van der Waals surface area contributed by atoms with Crippen molar-refractivity contribution in [3.05, 3.63) is 107 Å². The van der Waals surface area contributed by atoms with E-state index in [9.17, 15) is 4.79 Å². The van der Waals surface area contributed by atoms with Crippen molar-refractivity contribution < 1.29 is 4.79 Å². The lowest BCUT2D eigenvalue weighted by atomic mass is 9.94. The summed E-state index contributed by atoms with van der Waals surface area (Å²) in [7, 11) is 0. The number of aryl methyl sites for hydroxylation is 2. The number of fused-ring (bicyclic) bond motifs is 1. The summed E-state index contributed by atoms with van der Waals surface area (Å²) in [6.07, 6.45) is 1.43. The Kier molecular flexibility index (Phi) is 6.17. The molecule has 34 heavy (non-hydrogen) atoms. The summed E-state index contributed by atoms with van der Waals surface area (Å²) < 4.78 is 1.91. The maximum atomic E-state index is 13.5. The first-order chi connectivity index (χ1) is 16.6. The lowest BCUT2D eigenvalue weighted by Crippen LogP contribution is -2.38. The maximum Gasteiger partial charge on any atom is 0.245 e. The topological polar surface area (TPSA) is 59.0 Å². The predicted octanol–water partition coefficient (Wildman–Crippen LogP) is 5.84. The Labute approximate surface area is 200 Å². The van der Waals surface area contributed by atoms with Gasteiger partial charge in [0, 0.05) is 18.5 Å². The van der Waals surface area contributed by atoms with Crippen LogP contribution in [0.15, 0.2) is 84.9 Å². The van der Waals surface area contributed by atoms with Gasteiger partial charge in [-0.3, -0.25) is 4.79 Å². The molecular weight excluding hydrogens is 420 g/mol. The molecule has 3 aromatic carbocycles. The summed E-state index contributed by atoms with van der Waals surface area (Å²) in [5.41, 5.74) is 6.68. The molecule has 1 amide bonds. The van der Waals surface area contributed by atoms with Gasteiger partial charge in [0.1, 0.15) is 11.9 Å². The number of carbonyl (C=O) groups is 1. The Morgan fingerprint density at radius 1 is 1.00 bits per heavy atom. The van der Waals surface area contributed by atoms with Gasteiger partial charge in [0.2, 0.25) is 5.91 Å². The zero-order valence-corrected chi connectivity index (χ0v) is 19.7. The Morgan fingerprint density at radius 2 is 1.68 bits per heavy atom. The third-order valence-corrected chi connectivity index (χ3v) is 6.54. The molecule has 5 nitrogen and oxygen atoms in total. The molecule has 0 radical (unpaired) electrons. The molecule has 1 aromatic heterocycles. The van der Waals surface area contributed by atoms with Crippen LogP contribution >= 0.6 is 0 Å². The van der Waals surface area contributed by atoms with Gasteiger partial charge in [-0.1, -0.05) is 97.4 Å². The lowest BCUT2D eigenvalue weighted by molar-refractivity contribution is -0.125. The van der Waals surface area contributed by atoms with Crippen LogP contribution in [0.3, 0.4) is 0 Å². The molecule has 5 rings (SSSR count). The van der Waals surface area contributed by atoms with E-state index >= 15 is 0 Å². The first-order valence-corrected chi connectivity index (χ1v) is 12.0. The second-order valence-electron chi connectivity index (χ2n) is 8.90. The molecule has 5 heteroatoms. The van der Waals surface area contributed by atoms with E-state index in [2.05, 4.69) is 60.9 Å². The van der Waals surface area contributed by atoms with E-state index in [1.807, 2.05) is 53.2 Å². The Morgan fingerprint density at radius 3 is 2.35 bits per heavy atom. The van der Waals surface area contributed by atoms with Crippen molar-refractivity contribution in [1.82, 2.24) is 15.1 Å². The van der Waals surface area contributed by atoms with Crippen molar-refractivity contribution in [3.63, 3.8) is 0 Å². The van der Waals surface area contributed by atoms with Gasteiger partial charge in [0.15, 0.2) is 0 Å². The molecule has 4 aromatic rings. The van der Waals surface area contributed by atoms with E-state index in [4.69, 9.17) is 5.10 Å². The molecule has 1 aliphatic heterocycles. The second-order valence-corrected chi connectivity index (χ2v) is 8.90. The number of nitrogens with zero attached hydrogens (tertiary/aromatic N) is 2. The molecule has 0 saturated heterocycles. The number of anilines is 1. The predicted molar refractivity (Wildman–Crippen MR) is 137 cm³/mol. The zero-order chi connectivity index (χ0) is 23.5. The highest BCUT2D eigenvalue weighted by atomic mass is 16.2. The first kappa shape index (κ1) is 22.0. The monoisotopic (exact) mass is 450 g/mol. The highest BCUT2D eigenvalue weighted by molar-refractivity contribution is 5.85. The normalized spacial score (nSPS) is 17.0. The summed E-state index contributed by atoms with van der Waals surface area (Å²) in [5.74, 6) is 0.910. The van der Waals surface area contributed by atoms with Crippen LogP contribution < -0.4 is 10.6 Å². The van der Waals surface area contributed by atoms with Crippen LogP contribution in [0.4, 0.5) is 5.82 Å². The summed E-state index contributed by atoms with van der Waals surface area (Å²) in [6.45, 7) is 4.71. The lowest BCUT2D eigenvalue weighted by Gasteiger charge is -2.32. The average molecular weight is 451 g/mol. The van der Waals surface area contributed by atoms with Crippen LogP contribution in [-0.4, -0.2) is 15.7 Å². The minimum absolute atomic E-state index is 0.00604. The SMILES string of the molecule is CCc1nn2c(c1-c1ccccc1)N[C@@H](c1ccc(C)cc1)C[C@H]2C(=O)NCc1ccccc1. The van der Waals surface area contributed by atoms with Crippen LogP contribution in [0.5, 0.6) is 0 Å². The summed E-state index contributed by atoms with van der Waals surface area (Å²) in [6, 6.07) is 28.5. The van der Waals surface area contributed by atoms with Crippen molar-refractivity contribution in [2.45, 2.75) is 45.3 Å². The molecular formula is C29H30N4O. The Balaban J connectivity index is 1.54. The molecule has 2 atom stereocenters. The second kappa shape index (κ2) is 9.56. The van der Waals surface area contributed by atoms with E-state index in [0.717, 1.165) is 34.6 Å². The van der Waals surface area contributed by atoms with E-state index in [-0.39, 0.29) is 11.9 Å². The fraction of sp³-hybridized carbons (Fsp3) is 0.241. The quantitative estimate of drug-likeness (QED) is 0.388. The third kappa shape index (κ3) is 4.34. The number of benzene rings is 3. The van der Waals surface area contributed by atoms with Gasteiger partial charge >= 0.3 is 0 Å². The van der Waals surface area contributed by atoms with Gasteiger partial charge in [0.05, 0.1) is 11.7 Å². The standard InChI is InChI=1S/C29H30N4O/c1-3-24-27(23-12-8-5-9-13-23)28-31-25(22-16-14-20(2)15-17-22)18-26(33(28)32-24)29(34)30-19-21-10-6-4-7-11-21/h4-17,25-26,31H,3,18-19H2,1-2H3,(H,30,34)/t25-,26+/m1/s1. The average Bonchev–Trinajstić information content (AvgIpc) is 3.27. The fourth-order valence-corrected chi connectivity index (χ4v) is 4.69. The Hall–Kier alpha value is -3.86. The smallest absolute Gasteiger partial charge is 0.245 e. The minimum Gasteiger partial charge on any atom is -0.363 e. The van der Waals surface area contributed by atoms with Gasteiger partial charge in [-0.25, -0.2) is 4.68 Å². The van der Waals surface area contributed by atoms with Gasteiger partial charge < -0.3 is 10.6 Å². The van der Waals surface area contributed by atoms with Crippen molar-refractivity contribution in [1.29, 1.82) is 0 Å². The van der Waals surface area contributed by atoms with Gasteiger partial charge in [-0.15, -0.1) is 0 Å². The van der Waals surface area contributed by atoms with Gasteiger partial charge in [-0.05, 0) is 30.0 Å². The maximum absolute atomic E-state index is 13.5. The molecule has 0 fully saturated rings. The van der Waals surface area contributed by atoms with Crippen molar-refractivity contribution in [2.75, 3.05) is 5.32 Å². The number of hydrogen-bond acceptors (Lipinski definition) is 3. The van der Waals surface area contributed by atoms with E-state index < -0.39 is 6.04 Å². The highest BCUT2D eigenvalue weighted by Gasteiger charge is 2.36. The van der Waals surface area contributed by atoms with Crippen LogP contribution in [-0.2, 0) is 17.8 Å². The molecule has 0 spiro atoms. The van der Waals surface area contributed by atoms with Crippen LogP contribution in [0.2, 0.25) is 0 Å². The summed E-state index contributed by atoms with van der Waals surface area (Å²) in [5, 5.41) is 11.8. The molecule has 0 unspecified atom stereocenters. The molecule has 1 aliphatic rings. The third-order valence-electron chi connectivity index (χ3n) is 6.54. The number of nitrogens with one attached hydrogen (secondary N) is 2. The fourth-order valence-electron chi connectivity index (χ4n) is 4.69. The van der Waals surface area contributed by atoms with Crippen molar-refractivity contribution in [2.24, 2.45) is 0 Å². The molecule has 2 heterocycles. The molecule has 0 aliphatic carbocycles. The minimum atomic E-state index is -0.394.